The molecular formula is C16H24N2O2S. The second-order valence-corrected chi connectivity index (χ2v) is 7.37. The van der Waals surface area contributed by atoms with E-state index in [1.807, 2.05) is 19.9 Å². The van der Waals surface area contributed by atoms with Crippen molar-refractivity contribution in [3.05, 3.63) is 21.4 Å². The largest absolute Gasteiger partial charge is 0.356 e. The predicted molar refractivity (Wildman–Crippen MR) is 86.0 cm³/mol. The highest BCUT2D eigenvalue weighted by Crippen LogP contribution is 2.22. The molecule has 4 nitrogen and oxygen atoms in total. The first kappa shape index (κ1) is 16.2. The SMILES string of the molecule is CC(=O)NCC1CCN(CC(=O)c2cc(C)sc2C)CC1. The van der Waals surface area contributed by atoms with Crippen molar-refractivity contribution in [2.45, 2.75) is 33.6 Å². The van der Waals surface area contributed by atoms with Gasteiger partial charge in [-0.15, -0.1) is 11.3 Å². The quantitative estimate of drug-likeness (QED) is 0.850. The third-order valence-electron chi connectivity index (χ3n) is 4.06. The molecule has 0 radical (unpaired) electrons. The number of carbonyl (C=O) groups excluding carboxylic acids is 2. The Kier molecular flexibility index (Phi) is 5.53. The summed E-state index contributed by atoms with van der Waals surface area (Å²) in [5.74, 6) is 0.818. The summed E-state index contributed by atoms with van der Waals surface area (Å²) >= 11 is 1.69. The molecule has 1 N–H and O–H groups in total. The number of likely N-dealkylation sites (tertiary alicyclic amines) is 1. The second kappa shape index (κ2) is 7.18. The van der Waals surface area contributed by atoms with Crippen molar-refractivity contribution in [1.29, 1.82) is 0 Å². The standard InChI is InChI=1S/C16H24N2O2S/c1-11-8-15(12(2)21-11)16(20)10-18-6-4-14(5-7-18)9-17-13(3)19/h8,14H,4-7,9-10H2,1-3H3,(H,17,19). The summed E-state index contributed by atoms with van der Waals surface area (Å²) in [5, 5.41) is 2.88. The van der Waals surface area contributed by atoms with Gasteiger partial charge < -0.3 is 5.32 Å². The average Bonchev–Trinajstić information content (AvgIpc) is 2.77. The lowest BCUT2D eigenvalue weighted by Gasteiger charge is -2.31. The van der Waals surface area contributed by atoms with E-state index in [1.54, 1.807) is 18.3 Å². The van der Waals surface area contributed by atoms with E-state index in [4.69, 9.17) is 0 Å². The summed E-state index contributed by atoms with van der Waals surface area (Å²) in [7, 11) is 0. The Morgan fingerprint density at radius 2 is 2.00 bits per heavy atom. The Hall–Kier alpha value is -1.20. The van der Waals surface area contributed by atoms with E-state index in [9.17, 15) is 9.59 Å². The third-order valence-corrected chi connectivity index (χ3v) is 5.02. The normalized spacial score (nSPS) is 16.9. The highest BCUT2D eigenvalue weighted by molar-refractivity contribution is 7.12. The van der Waals surface area contributed by atoms with Crippen LogP contribution >= 0.6 is 11.3 Å². The highest BCUT2D eigenvalue weighted by atomic mass is 32.1. The molecule has 1 aromatic heterocycles. The molecular weight excluding hydrogens is 284 g/mol. The minimum atomic E-state index is 0.0379. The second-order valence-electron chi connectivity index (χ2n) is 5.91. The average molecular weight is 308 g/mol. The molecule has 0 unspecified atom stereocenters. The minimum absolute atomic E-state index is 0.0379. The number of hydrogen-bond donors (Lipinski definition) is 1. The summed E-state index contributed by atoms with van der Waals surface area (Å²) < 4.78 is 0. The number of piperidine rings is 1. The van der Waals surface area contributed by atoms with Crippen molar-refractivity contribution < 1.29 is 9.59 Å². The van der Waals surface area contributed by atoms with Gasteiger partial charge in [0.15, 0.2) is 5.78 Å². The van der Waals surface area contributed by atoms with Crippen molar-refractivity contribution >= 4 is 23.0 Å². The van der Waals surface area contributed by atoms with Crippen LogP contribution in [0.2, 0.25) is 0 Å². The topological polar surface area (TPSA) is 49.4 Å². The van der Waals surface area contributed by atoms with Crippen molar-refractivity contribution in [3.8, 4) is 0 Å². The van der Waals surface area contributed by atoms with Gasteiger partial charge in [0.1, 0.15) is 0 Å². The molecule has 0 aromatic carbocycles. The van der Waals surface area contributed by atoms with Gasteiger partial charge in [-0.25, -0.2) is 0 Å². The molecule has 0 spiro atoms. The number of ketones is 1. The number of Topliss-reactive ketones (excluding diaryl/α,β-unsaturated/α-hetero) is 1. The van der Waals surface area contributed by atoms with Crippen molar-refractivity contribution in [2.75, 3.05) is 26.2 Å². The van der Waals surface area contributed by atoms with E-state index in [0.29, 0.717) is 12.5 Å². The van der Waals surface area contributed by atoms with Gasteiger partial charge in [-0.1, -0.05) is 0 Å². The first-order valence-corrected chi connectivity index (χ1v) is 8.34. The lowest BCUT2D eigenvalue weighted by Crippen LogP contribution is -2.40. The molecule has 1 aliphatic heterocycles. The van der Waals surface area contributed by atoms with Gasteiger partial charge in [0.05, 0.1) is 6.54 Å². The van der Waals surface area contributed by atoms with Gasteiger partial charge in [0, 0.05) is 28.8 Å². The Morgan fingerprint density at radius 1 is 1.33 bits per heavy atom. The van der Waals surface area contributed by atoms with Gasteiger partial charge in [0.25, 0.3) is 0 Å². The molecule has 2 rings (SSSR count). The fourth-order valence-corrected chi connectivity index (χ4v) is 3.78. The highest BCUT2D eigenvalue weighted by Gasteiger charge is 2.22. The molecule has 21 heavy (non-hydrogen) atoms. The van der Waals surface area contributed by atoms with E-state index >= 15 is 0 Å². The monoisotopic (exact) mass is 308 g/mol. The van der Waals surface area contributed by atoms with Crippen LogP contribution < -0.4 is 5.32 Å². The molecule has 5 heteroatoms. The number of nitrogens with one attached hydrogen (secondary N) is 1. The molecule has 1 aliphatic rings. The predicted octanol–water partition coefficient (Wildman–Crippen LogP) is 2.40. The van der Waals surface area contributed by atoms with Gasteiger partial charge in [-0.3, -0.25) is 14.5 Å². The van der Waals surface area contributed by atoms with E-state index in [-0.39, 0.29) is 11.7 Å². The zero-order valence-electron chi connectivity index (χ0n) is 13.1. The maximum absolute atomic E-state index is 12.4. The molecule has 0 saturated carbocycles. The van der Waals surface area contributed by atoms with Gasteiger partial charge in [-0.2, -0.15) is 0 Å². The van der Waals surface area contributed by atoms with Crippen LogP contribution in [0, 0.1) is 19.8 Å². The summed E-state index contributed by atoms with van der Waals surface area (Å²) in [6.45, 7) is 8.78. The lowest BCUT2D eigenvalue weighted by atomic mass is 9.96. The summed E-state index contributed by atoms with van der Waals surface area (Å²) in [6.07, 6.45) is 2.10. The summed E-state index contributed by atoms with van der Waals surface area (Å²) in [6, 6.07) is 2.01. The Labute approximate surface area is 130 Å². The van der Waals surface area contributed by atoms with Crippen molar-refractivity contribution in [2.24, 2.45) is 5.92 Å². The van der Waals surface area contributed by atoms with Crippen LogP contribution in [0.25, 0.3) is 0 Å². The van der Waals surface area contributed by atoms with E-state index in [2.05, 4.69) is 10.2 Å². The van der Waals surface area contributed by atoms with Crippen LogP contribution in [0.3, 0.4) is 0 Å². The number of aryl methyl sites for hydroxylation is 2. The smallest absolute Gasteiger partial charge is 0.216 e. The molecule has 116 valence electrons. The van der Waals surface area contributed by atoms with Crippen LogP contribution in [0.5, 0.6) is 0 Å². The van der Waals surface area contributed by atoms with E-state index < -0.39 is 0 Å². The first-order valence-electron chi connectivity index (χ1n) is 7.52. The fraction of sp³-hybridized carbons (Fsp3) is 0.625. The number of thiophene rings is 1. The first-order chi connectivity index (χ1) is 9.95. The Bertz CT molecular complexity index is 516. The van der Waals surface area contributed by atoms with Crippen LogP contribution in [-0.2, 0) is 4.79 Å². The molecule has 0 atom stereocenters. The van der Waals surface area contributed by atoms with Crippen LogP contribution in [0.15, 0.2) is 6.07 Å². The third kappa shape index (κ3) is 4.64. The molecule has 1 aromatic rings. The van der Waals surface area contributed by atoms with Crippen LogP contribution in [0.4, 0.5) is 0 Å². The van der Waals surface area contributed by atoms with Crippen molar-refractivity contribution in [3.63, 3.8) is 0 Å². The maximum Gasteiger partial charge on any atom is 0.216 e. The van der Waals surface area contributed by atoms with E-state index in [1.165, 1.54) is 4.88 Å². The summed E-state index contributed by atoms with van der Waals surface area (Å²) in [4.78, 5) is 27.8. The molecule has 1 saturated heterocycles. The molecule has 1 amide bonds. The van der Waals surface area contributed by atoms with Gasteiger partial charge in [0.2, 0.25) is 5.91 Å². The summed E-state index contributed by atoms with van der Waals surface area (Å²) in [5.41, 5.74) is 0.887. The van der Waals surface area contributed by atoms with Gasteiger partial charge >= 0.3 is 0 Å². The van der Waals surface area contributed by atoms with Crippen molar-refractivity contribution in [1.82, 2.24) is 10.2 Å². The number of rotatable bonds is 5. The zero-order valence-corrected chi connectivity index (χ0v) is 13.9. The molecule has 0 aliphatic carbocycles. The fourth-order valence-electron chi connectivity index (χ4n) is 2.83. The zero-order chi connectivity index (χ0) is 15.4. The van der Waals surface area contributed by atoms with Crippen LogP contribution in [-0.4, -0.2) is 42.8 Å². The van der Waals surface area contributed by atoms with E-state index in [0.717, 1.165) is 42.9 Å². The van der Waals surface area contributed by atoms with Gasteiger partial charge in [-0.05, 0) is 51.8 Å². The minimum Gasteiger partial charge on any atom is -0.356 e. The Morgan fingerprint density at radius 3 is 2.52 bits per heavy atom. The maximum atomic E-state index is 12.4. The Balaban J connectivity index is 1.79. The number of amides is 1. The lowest BCUT2D eigenvalue weighted by molar-refractivity contribution is -0.119. The molecule has 0 bridgehead atoms. The van der Waals surface area contributed by atoms with Crippen LogP contribution in [0.1, 0.15) is 39.9 Å². The number of hydrogen-bond acceptors (Lipinski definition) is 4. The number of nitrogens with zero attached hydrogens (tertiary/aromatic N) is 1. The number of carbonyl (C=O) groups is 2. The molecule has 2 heterocycles. The molecule has 1 fully saturated rings.